The molecule has 140 valence electrons. The lowest BCUT2D eigenvalue weighted by atomic mass is 9.81. The number of ether oxygens (including phenoxy) is 1. The molecule has 5 nitrogen and oxygen atoms in total. The molecule has 1 atom stereocenters. The van der Waals surface area contributed by atoms with Crippen molar-refractivity contribution in [2.45, 2.75) is 31.2 Å². The molecule has 0 aliphatic carbocycles. The van der Waals surface area contributed by atoms with Crippen molar-refractivity contribution in [2.75, 3.05) is 26.3 Å². The standard InChI is InChI=1S/C20H25FN2O3/c1-2-18(24)23-11-3-4-15(14-23)19(25)22-20(9-12-26-13-10-20)16-5-7-17(21)8-6-16/h2,5-8,15H,1,3-4,9-14H2,(H,22,25). The molecule has 2 fully saturated rings. The average Bonchev–Trinajstić information content (AvgIpc) is 2.68. The fourth-order valence-corrected chi connectivity index (χ4v) is 3.83. The highest BCUT2D eigenvalue weighted by molar-refractivity contribution is 5.88. The largest absolute Gasteiger partial charge is 0.381 e. The molecule has 1 aromatic rings. The smallest absolute Gasteiger partial charge is 0.245 e. The number of likely N-dealkylation sites (tertiary alicyclic amines) is 1. The van der Waals surface area contributed by atoms with Crippen LogP contribution in [0.1, 0.15) is 31.2 Å². The van der Waals surface area contributed by atoms with Gasteiger partial charge in [0.2, 0.25) is 11.8 Å². The lowest BCUT2D eigenvalue weighted by Gasteiger charge is -2.40. The van der Waals surface area contributed by atoms with Gasteiger partial charge < -0.3 is 15.0 Å². The van der Waals surface area contributed by atoms with E-state index in [1.807, 2.05) is 0 Å². The van der Waals surface area contributed by atoms with Crippen LogP contribution in [0, 0.1) is 11.7 Å². The summed E-state index contributed by atoms with van der Waals surface area (Å²) in [4.78, 5) is 26.5. The summed E-state index contributed by atoms with van der Waals surface area (Å²) in [5.41, 5.74) is 0.346. The minimum atomic E-state index is -0.548. The summed E-state index contributed by atoms with van der Waals surface area (Å²) in [6, 6.07) is 6.30. The molecule has 1 N–H and O–H groups in total. The van der Waals surface area contributed by atoms with Crippen LogP contribution in [-0.4, -0.2) is 43.0 Å². The Bertz CT molecular complexity index is 668. The molecule has 2 aliphatic rings. The van der Waals surface area contributed by atoms with Gasteiger partial charge in [-0.1, -0.05) is 18.7 Å². The van der Waals surface area contributed by atoms with Crippen LogP contribution < -0.4 is 5.32 Å². The van der Waals surface area contributed by atoms with E-state index in [0.29, 0.717) is 39.1 Å². The van der Waals surface area contributed by atoms with Gasteiger partial charge in [0.25, 0.3) is 0 Å². The molecule has 1 aromatic carbocycles. The topological polar surface area (TPSA) is 58.6 Å². The van der Waals surface area contributed by atoms with Crippen LogP contribution in [0.15, 0.2) is 36.9 Å². The summed E-state index contributed by atoms with van der Waals surface area (Å²) in [6.45, 7) is 5.68. The van der Waals surface area contributed by atoms with Crippen molar-refractivity contribution in [1.82, 2.24) is 10.2 Å². The van der Waals surface area contributed by atoms with Gasteiger partial charge in [-0.3, -0.25) is 9.59 Å². The summed E-state index contributed by atoms with van der Waals surface area (Å²) < 4.78 is 18.8. The highest BCUT2D eigenvalue weighted by Crippen LogP contribution is 2.33. The summed E-state index contributed by atoms with van der Waals surface area (Å²) in [7, 11) is 0. The Kier molecular flexibility index (Phi) is 5.71. The maximum absolute atomic E-state index is 13.3. The molecule has 2 saturated heterocycles. The molecule has 26 heavy (non-hydrogen) atoms. The Hall–Kier alpha value is -2.21. The van der Waals surface area contributed by atoms with Gasteiger partial charge in [-0.25, -0.2) is 4.39 Å². The Balaban J connectivity index is 1.76. The van der Waals surface area contributed by atoms with Gasteiger partial charge >= 0.3 is 0 Å². The fourth-order valence-electron chi connectivity index (χ4n) is 3.83. The zero-order valence-electron chi connectivity index (χ0n) is 14.9. The van der Waals surface area contributed by atoms with Crippen molar-refractivity contribution in [3.63, 3.8) is 0 Å². The first-order valence-electron chi connectivity index (χ1n) is 9.11. The first-order valence-corrected chi connectivity index (χ1v) is 9.11. The highest BCUT2D eigenvalue weighted by atomic mass is 19.1. The molecular weight excluding hydrogens is 335 g/mol. The zero-order valence-corrected chi connectivity index (χ0v) is 14.9. The van der Waals surface area contributed by atoms with E-state index in [1.54, 1.807) is 17.0 Å². The first-order chi connectivity index (χ1) is 12.5. The van der Waals surface area contributed by atoms with Crippen LogP contribution in [0.2, 0.25) is 0 Å². The third-order valence-corrected chi connectivity index (χ3v) is 5.38. The molecular formula is C20H25FN2O3. The number of nitrogens with one attached hydrogen (secondary N) is 1. The number of carbonyl (C=O) groups is 2. The summed E-state index contributed by atoms with van der Waals surface area (Å²) in [6.07, 6.45) is 4.13. The van der Waals surface area contributed by atoms with Crippen molar-refractivity contribution < 1.29 is 18.7 Å². The maximum Gasteiger partial charge on any atom is 0.245 e. The van der Waals surface area contributed by atoms with Crippen LogP contribution in [0.3, 0.4) is 0 Å². The van der Waals surface area contributed by atoms with Gasteiger partial charge in [-0.15, -0.1) is 0 Å². The van der Waals surface area contributed by atoms with E-state index in [1.165, 1.54) is 18.2 Å². The second kappa shape index (κ2) is 7.99. The van der Waals surface area contributed by atoms with Gasteiger partial charge in [0.1, 0.15) is 5.82 Å². The van der Waals surface area contributed by atoms with E-state index in [2.05, 4.69) is 11.9 Å². The van der Waals surface area contributed by atoms with Crippen molar-refractivity contribution >= 4 is 11.8 Å². The predicted molar refractivity (Wildman–Crippen MR) is 95.8 cm³/mol. The number of benzene rings is 1. The van der Waals surface area contributed by atoms with E-state index in [0.717, 1.165) is 18.4 Å². The second-order valence-electron chi connectivity index (χ2n) is 7.02. The molecule has 0 bridgehead atoms. The molecule has 2 heterocycles. The number of piperidine rings is 1. The van der Waals surface area contributed by atoms with E-state index >= 15 is 0 Å². The van der Waals surface area contributed by atoms with E-state index in [4.69, 9.17) is 4.74 Å². The number of hydrogen-bond acceptors (Lipinski definition) is 3. The van der Waals surface area contributed by atoms with Crippen LogP contribution >= 0.6 is 0 Å². The molecule has 2 amide bonds. The predicted octanol–water partition coefficient (Wildman–Crippen LogP) is 2.37. The summed E-state index contributed by atoms with van der Waals surface area (Å²) >= 11 is 0. The van der Waals surface area contributed by atoms with Crippen molar-refractivity contribution in [1.29, 1.82) is 0 Å². The monoisotopic (exact) mass is 360 g/mol. The second-order valence-corrected chi connectivity index (χ2v) is 7.02. The normalized spacial score (nSPS) is 22.5. The molecule has 0 radical (unpaired) electrons. The van der Waals surface area contributed by atoms with E-state index in [-0.39, 0.29) is 23.5 Å². The van der Waals surface area contributed by atoms with Crippen LogP contribution in [0.25, 0.3) is 0 Å². The van der Waals surface area contributed by atoms with Gasteiger partial charge in [-0.2, -0.15) is 0 Å². The molecule has 2 aliphatic heterocycles. The van der Waals surface area contributed by atoms with Gasteiger partial charge in [0, 0.05) is 26.3 Å². The Morgan fingerprint density at radius 2 is 1.96 bits per heavy atom. The first kappa shape index (κ1) is 18.6. The van der Waals surface area contributed by atoms with Crippen molar-refractivity contribution in [3.05, 3.63) is 48.3 Å². The number of halogens is 1. The van der Waals surface area contributed by atoms with E-state index < -0.39 is 5.54 Å². The SMILES string of the molecule is C=CC(=O)N1CCCC(C(=O)NC2(c3ccc(F)cc3)CCOCC2)C1. The number of hydrogen-bond donors (Lipinski definition) is 1. The average molecular weight is 360 g/mol. The number of rotatable bonds is 4. The minimum absolute atomic E-state index is 0.0576. The summed E-state index contributed by atoms with van der Waals surface area (Å²) in [5.74, 6) is -0.736. The molecule has 3 rings (SSSR count). The van der Waals surface area contributed by atoms with Crippen molar-refractivity contribution in [3.8, 4) is 0 Å². The lowest BCUT2D eigenvalue weighted by molar-refractivity contribution is -0.134. The number of nitrogens with zero attached hydrogens (tertiary/aromatic N) is 1. The molecule has 0 aromatic heterocycles. The van der Waals surface area contributed by atoms with Gasteiger partial charge in [0.05, 0.1) is 11.5 Å². The summed E-state index contributed by atoms with van der Waals surface area (Å²) in [5, 5.41) is 3.21. The van der Waals surface area contributed by atoms with Gasteiger partial charge in [-0.05, 0) is 49.5 Å². The highest BCUT2D eigenvalue weighted by Gasteiger charge is 2.38. The molecule has 0 saturated carbocycles. The van der Waals surface area contributed by atoms with Gasteiger partial charge in [0.15, 0.2) is 0 Å². The van der Waals surface area contributed by atoms with E-state index in [9.17, 15) is 14.0 Å². The van der Waals surface area contributed by atoms with Crippen LogP contribution in [0.4, 0.5) is 4.39 Å². The van der Waals surface area contributed by atoms with Crippen molar-refractivity contribution in [2.24, 2.45) is 5.92 Å². The third kappa shape index (κ3) is 3.96. The van der Waals surface area contributed by atoms with Crippen LogP contribution in [-0.2, 0) is 19.9 Å². The Morgan fingerprint density at radius 1 is 1.27 bits per heavy atom. The molecule has 0 spiro atoms. The molecule has 6 heteroatoms. The number of carbonyl (C=O) groups excluding carboxylic acids is 2. The molecule has 1 unspecified atom stereocenters. The lowest BCUT2D eigenvalue weighted by Crippen LogP contribution is -2.53. The zero-order chi connectivity index (χ0) is 18.6. The number of amides is 2. The maximum atomic E-state index is 13.3. The Labute approximate surface area is 153 Å². The minimum Gasteiger partial charge on any atom is -0.381 e. The quantitative estimate of drug-likeness (QED) is 0.839. The fraction of sp³-hybridized carbons (Fsp3) is 0.500. The third-order valence-electron chi connectivity index (χ3n) is 5.38. The Morgan fingerprint density at radius 3 is 2.62 bits per heavy atom. The van der Waals surface area contributed by atoms with Crippen LogP contribution in [0.5, 0.6) is 0 Å².